The molecule has 30 heavy (non-hydrogen) atoms. The van der Waals surface area contributed by atoms with Gasteiger partial charge in [-0.1, -0.05) is 23.9 Å². The molecule has 0 radical (unpaired) electrons. The van der Waals surface area contributed by atoms with Crippen LogP contribution in [0.25, 0.3) is 16.7 Å². The van der Waals surface area contributed by atoms with Crippen LogP contribution in [0.5, 0.6) is 5.75 Å². The average molecular weight is 483 g/mol. The molecule has 6 nitrogen and oxygen atoms in total. The van der Waals surface area contributed by atoms with Gasteiger partial charge in [0.2, 0.25) is 5.91 Å². The van der Waals surface area contributed by atoms with E-state index in [0.29, 0.717) is 5.82 Å². The summed E-state index contributed by atoms with van der Waals surface area (Å²) in [5.74, 6) is 1.16. The van der Waals surface area contributed by atoms with Crippen molar-refractivity contribution < 1.29 is 9.53 Å². The Kier molecular flexibility index (Phi) is 6.06. The molecular weight excluding hydrogens is 464 g/mol. The summed E-state index contributed by atoms with van der Waals surface area (Å²) in [5, 5.41) is 3.22. The molecule has 0 saturated carbocycles. The zero-order valence-corrected chi connectivity index (χ0v) is 18.8. The number of methoxy groups -OCH3 is 1. The van der Waals surface area contributed by atoms with Crippen molar-refractivity contribution in [1.29, 1.82) is 0 Å². The molecule has 1 N–H and O–H groups in total. The van der Waals surface area contributed by atoms with Gasteiger partial charge >= 0.3 is 0 Å². The van der Waals surface area contributed by atoms with Gasteiger partial charge < -0.3 is 10.1 Å². The number of amides is 1. The number of benzene rings is 2. The number of hydrogen-bond acceptors (Lipinski definition) is 5. The molecule has 0 fully saturated rings. The lowest BCUT2D eigenvalue weighted by atomic mass is 10.2. The number of nitrogens with one attached hydrogen (secondary N) is 1. The van der Waals surface area contributed by atoms with Crippen molar-refractivity contribution in [2.45, 2.75) is 17.3 Å². The summed E-state index contributed by atoms with van der Waals surface area (Å²) in [6.07, 6.45) is 1.65. The summed E-state index contributed by atoms with van der Waals surface area (Å²) < 4.78 is 8.19. The molecule has 0 saturated heterocycles. The molecule has 1 unspecified atom stereocenters. The number of hydrogen-bond donors (Lipinski definition) is 1. The second-order valence-corrected chi connectivity index (χ2v) is 8.75. The zero-order valence-electron chi connectivity index (χ0n) is 16.4. The third-order valence-electron chi connectivity index (χ3n) is 4.49. The van der Waals surface area contributed by atoms with Gasteiger partial charge in [-0.3, -0.25) is 9.36 Å². The predicted molar refractivity (Wildman–Crippen MR) is 124 cm³/mol. The quantitative estimate of drug-likeness (QED) is 0.377. The number of rotatable bonds is 6. The summed E-state index contributed by atoms with van der Waals surface area (Å²) in [5.41, 5.74) is 2.81. The fraction of sp³-hybridized carbons (Fsp3) is 0.136. The minimum atomic E-state index is -0.371. The second kappa shape index (κ2) is 8.89. The highest BCUT2D eigenvalue weighted by Crippen LogP contribution is 2.31. The normalized spacial score (nSPS) is 12.0. The molecule has 0 aliphatic heterocycles. The number of para-hydroxylation sites is 2. The predicted octanol–water partition coefficient (Wildman–Crippen LogP) is 5.31. The fourth-order valence-corrected chi connectivity index (χ4v) is 4.13. The van der Waals surface area contributed by atoms with Crippen molar-refractivity contribution >= 4 is 50.5 Å². The molecule has 0 bridgehead atoms. The number of ether oxygens (including phenoxy) is 1. The average Bonchev–Trinajstić information content (AvgIpc) is 3.13. The number of carbonyl (C=O) groups is 1. The number of thioether (sulfide) groups is 1. The van der Waals surface area contributed by atoms with Crippen LogP contribution in [0.15, 0.2) is 76.5 Å². The van der Waals surface area contributed by atoms with Crippen molar-refractivity contribution in [2.75, 3.05) is 12.4 Å². The molecular formula is C22H19BrN4O2S. The maximum absolute atomic E-state index is 12.7. The van der Waals surface area contributed by atoms with E-state index in [-0.39, 0.29) is 11.2 Å². The first-order valence-corrected chi connectivity index (χ1v) is 10.9. The highest BCUT2D eigenvalue weighted by atomic mass is 79.9. The van der Waals surface area contributed by atoms with E-state index in [4.69, 9.17) is 9.72 Å². The van der Waals surface area contributed by atoms with Crippen LogP contribution in [0.3, 0.4) is 0 Å². The van der Waals surface area contributed by atoms with Gasteiger partial charge in [-0.15, -0.1) is 0 Å². The van der Waals surface area contributed by atoms with Gasteiger partial charge in [0, 0.05) is 16.4 Å². The van der Waals surface area contributed by atoms with Crippen LogP contribution in [0.1, 0.15) is 6.92 Å². The molecule has 2 aromatic heterocycles. The van der Waals surface area contributed by atoms with E-state index in [1.807, 2.05) is 61.5 Å². The Balaban J connectivity index is 1.63. The standard InChI is InChI=1S/C22H19BrN4O2S/c1-14(21(28)26-20-12-7-15(23)13-24-20)30-22-25-18-5-3-4-6-19(18)27(22)16-8-10-17(29-2)11-9-16/h3-14H,1-2H3,(H,24,26,28). The topological polar surface area (TPSA) is 69.0 Å². The van der Waals surface area contributed by atoms with Crippen molar-refractivity contribution in [3.05, 3.63) is 71.3 Å². The van der Waals surface area contributed by atoms with Crippen LogP contribution >= 0.6 is 27.7 Å². The molecule has 4 aromatic rings. The van der Waals surface area contributed by atoms with Crippen molar-refractivity contribution in [3.63, 3.8) is 0 Å². The summed E-state index contributed by atoms with van der Waals surface area (Å²) >= 11 is 4.75. The molecule has 2 heterocycles. The first kappa shape index (κ1) is 20.4. The van der Waals surface area contributed by atoms with E-state index in [1.54, 1.807) is 19.4 Å². The number of imidazole rings is 1. The summed E-state index contributed by atoms with van der Waals surface area (Å²) in [4.78, 5) is 21.7. The maximum atomic E-state index is 12.7. The van der Waals surface area contributed by atoms with E-state index in [0.717, 1.165) is 32.1 Å². The lowest BCUT2D eigenvalue weighted by molar-refractivity contribution is -0.115. The molecule has 4 rings (SSSR count). The van der Waals surface area contributed by atoms with E-state index in [1.165, 1.54) is 11.8 Å². The monoisotopic (exact) mass is 482 g/mol. The van der Waals surface area contributed by atoms with Crippen LogP contribution in [0.2, 0.25) is 0 Å². The Labute approximate surface area is 186 Å². The van der Waals surface area contributed by atoms with E-state index in [9.17, 15) is 4.79 Å². The lowest BCUT2D eigenvalue weighted by Gasteiger charge is -2.14. The highest BCUT2D eigenvalue weighted by molar-refractivity contribution is 9.10. The third kappa shape index (κ3) is 4.34. The number of fused-ring (bicyclic) bond motifs is 1. The molecule has 1 amide bonds. The molecule has 0 aliphatic rings. The van der Waals surface area contributed by atoms with Gasteiger partial charge in [0.15, 0.2) is 5.16 Å². The molecule has 2 aromatic carbocycles. The minimum Gasteiger partial charge on any atom is -0.497 e. The fourth-order valence-electron chi connectivity index (χ4n) is 2.95. The molecule has 1 atom stereocenters. The van der Waals surface area contributed by atoms with Gasteiger partial charge in [-0.05, 0) is 71.4 Å². The molecule has 152 valence electrons. The van der Waals surface area contributed by atoms with Crippen molar-refractivity contribution in [2.24, 2.45) is 0 Å². The summed E-state index contributed by atoms with van der Waals surface area (Å²) in [6.45, 7) is 1.86. The SMILES string of the molecule is COc1ccc(-n2c(SC(C)C(=O)Nc3ccc(Br)cn3)nc3ccccc32)cc1. The van der Waals surface area contributed by atoms with Gasteiger partial charge in [0.1, 0.15) is 11.6 Å². The van der Waals surface area contributed by atoms with Crippen LogP contribution < -0.4 is 10.1 Å². The smallest absolute Gasteiger partial charge is 0.238 e. The first-order valence-electron chi connectivity index (χ1n) is 9.26. The Bertz CT molecular complexity index is 1180. The minimum absolute atomic E-state index is 0.136. The van der Waals surface area contributed by atoms with Gasteiger partial charge in [0.05, 0.1) is 23.4 Å². The number of carbonyl (C=O) groups excluding carboxylic acids is 1. The van der Waals surface area contributed by atoms with Gasteiger partial charge in [-0.25, -0.2) is 9.97 Å². The molecule has 8 heteroatoms. The largest absolute Gasteiger partial charge is 0.497 e. The highest BCUT2D eigenvalue weighted by Gasteiger charge is 2.20. The van der Waals surface area contributed by atoms with Gasteiger partial charge in [-0.2, -0.15) is 0 Å². The third-order valence-corrected chi connectivity index (χ3v) is 6.01. The van der Waals surface area contributed by atoms with Gasteiger partial charge in [0.25, 0.3) is 0 Å². The van der Waals surface area contributed by atoms with Crippen LogP contribution in [-0.4, -0.2) is 32.8 Å². The number of nitrogens with zero attached hydrogens (tertiary/aromatic N) is 3. The Hall–Kier alpha value is -2.84. The summed E-state index contributed by atoms with van der Waals surface area (Å²) in [7, 11) is 1.64. The second-order valence-electron chi connectivity index (χ2n) is 6.53. The van der Waals surface area contributed by atoms with Crippen LogP contribution in [0, 0.1) is 0 Å². The number of anilines is 1. The van der Waals surface area contributed by atoms with Crippen molar-refractivity contribution in [3.8, 4) is 11.4 Å². The Morgan fingerprint density at radius 2 is 1.90 bits per heavy atom. The Morgan fingerprint density at radius 3 is 2.60 bits per heavy atom. The lowest BCUT2D eigenvalue weighted by Crippen LogP contribution is -2.23. The van der Waals surface area contributed by atoms with E-state index >= 15 is 0 Å². The zero-order chi connectivity index (χ0) is 21.1. The maximum Gasteiger partial charge on any atom is 0.238 e. The van der Waals surface area contributed by atoms with Crippen molar-refractivity contribution in [1.82, 2.24) is 14.5 Å². The van der Waals surface area contributed by atoms with E-state index in [2.05, 4.69) is 30.8 Å². The molecule has 0 aliphatic carbocycles. The number of halogens is 1. The Morgan fingerprint density at radius 1 is 1.13 bits per heavy atom. The van der Waals surface area contributed by atoms with Crippen LogP contribution in [-0.2, 0) is 4.79 Å². The first-order chi connectivity index (χ1) is 14.5. The molecule has 0 spiro atoms. The number of aromatic nitrogens is 3. The number of pyridine rings is 1. The van der Waals surface area contributed by atoms with Crippen LogP contribution in [0.4, 0.5) is 5.82 Å². The van der Waals surface area contributed by atoms with E-state index < -0.39 is 0 Å². The summed E-state index contributed by atoms with van der Waals surface area (Å²) in [6, 6.07) is 19.3.